The fourth-order valence-electron chi connectivity index (χ4n) is 6.64. The summed E-state index contributed by atoms with van der Waals surface area (Å²) < 4.78 is 23.0. The number of nitriles is 1. The maximum atomic E-state index is 14.0. The Morgan fingerprint density at radius 2 is 1.64 bits per heavy atom. The Morgan fingerprint density at radius 1 is 1.00 bits per heavy atom. The average molecular weight is 529 g/mol. The minimum Gasteiger partial charge on any atom is -0.496 e. The van der Waals surface area contributed by atoms with Gasteiger partial charge in [-0.05, 0) is 19.1 Å². The lowest BCUT2D eigenvalue weighted by molar-refractivity contribution is -0.134. The number of imide groups is 1. The molecule has 0 aliphatic carbocycles. The minimum atomic E-state index is -1.20. The van der Waals surface area contributed by atoms with Crippen molar-refractivity contribution >= 4 is 28.3 Å². The molecular formula is C30H28N2O7. The van der Waals surface area contributed by atoms with Crippen molar-refractivity contribution in [2.75, 3.05) is 25.7 Å². The lowest BCUT2D eigenvalue weighted by Gasteiger charge is -2.33. The second-order valence-corrected chi connectivity index (χ2v) is 10.5. The summed E-state index contributed by atoms with van der Waals surface area (Å²) >= 11 is 0. The SMILES string of the molecule is COc1cc(OC)cc(OCCC23CC(O)C(C)(O2)C2C(=O)N(c4ccc(C#N)c5ccccc45)C(=O)C23)c1. The molecule has 39 heavy (non-hydrogen) atoms. The number of carbonyl (C=O) groups excluding carboxylic acids is 2. The van der Waals surface area contributed by atoms with Gasteiger partial charge in [0.05, 0.1) is 61.7 Å². The molecule has 200 valence electrons. The molecule has 3 heterocycles. The number of anilines is 1. The molecule has 5 unspecified atom stereocenters. The molecule has 0 saturated carbocycles. The van der Waals surface area contributed by atoms with E-state index < -0.39 is 35.0 Å². The van der Waals surface area contributed by atoms with Crippen molar-refractivity contribution in [1.82, 2.24) is 0 Å². The standard InChI is InChI=1S/C30H28N2O7/c1-29-24(33)15-30(39-29,10-11-38-20-13-18(36-2)12-19(14-20)37-3)26-25(29)27(34)32(28(26)35)23-9-8-17(16-31)21-6-4-5-7-22(21)23/h4-9,12-14,24-26,33H,10-11,15H2,1-3H3. The molecule has 3 aromatic rings. The van der Waals surface area contributed by atoms with Crippen LogP contribution >= 0.6 is 0 Å². The molecule has 0 aromatic heterocycles. The molecule has 9 heteroatoms. The summed E-state index contributed by atoms with van der Waals surface area (Å²) in [5.74, 6) is -0.690. The van der Waals surface area contributed by atoms with Crippen LogP contribution < -0.4 is 19.1 Å². The summed E-state index contributed by atoms with van der Waals surface area (Å²) in [4.78, 5) is 29.2. The van der Waals surface area contributed by atoms with Crippen molar-refractivity contribution in [3.05, 3.63) is 60.2 Å². The van der Waals surface area contributed by atoms with Gasteiger partial charge in [-0.1, -0.05) is 24.3 Å². The first-order valence-electron chi connectivity index (χ1n) is 12.8. The number of aliphatic hydroxyl groups excluding tert-OH is 1. The third kappa shape index (κ3) is 3.59. The van der Waals surface area contributed by atoms with Gasteiger partial charge in [-0.15, -0.1) is 0 Å². The van der Waals surface area contributed by atoms with Crippen LogP contribution in [-0.2, 0) is 14.3 Å². The number of ether oxygens (including phenoxy) is 4. The molecule has 0 spiro atoms. The highest BCUT2D eigenvalue weighted by molar-refractivity contribution is 6.26. The van der Waals surface area contributed by atoms with Crippen molar-refractivity contribution in [1.29, 1.82) is 5.26 Å². The molecule has 3 aromatic carbocycles. The molecular weight excluding hydrogens is 500 g/mol. The first-order chi connectivity index (χ1) is 18.8. The number of benzene rings is 3. The Bertz CT molecular complexity index is 1530. The zero-order valence-corrected chi connectivity index (χ0v) is 21.8. The van der Waals surface area contributed by atoms with Gasteiger partial charge in [0.2, 0.25) is 11.8 Å². The van der Waals surface area contributed by atoms with E-state index >= 15 is 0 Å². The lowest BCUT2D eigenvalue weighted by Crippen LogP contribution is -2.49. The van der Waals surface area contributed by atoms with Crippen molar-refractivity contribution < 1.29 is 33.6 Å². The summed E-state index contributed by atoms with van der Waals surface area (Å²) in [6, 6.07) is 17.9. The molecule has 2 bridgehead atoms. The second-order valence-electron chi connectivity index (χ2n) is 10.5. The van der Waals surface area contributed by atoms with Crippen LogP contribution in [0.25, 0.3) is 10.8 Å². The topological polar surface area (TPSA) is 118 Å². The number of aliphatic hydroxyl groups is 1. The van der Waals surface area contributed by atoms with Crippen LogP contribution in [0.2, 0.25) is 0 Å². The van der Waals surface area contributed by atoms with Gasteiger partial charge in [0.25, 0.3) is 0 Å². The third-order valence-electron chi connectivity index (χ3n) is 8.50. The molecule has 2 amide bonds. The first kappa shape index (κ1) is 25.2. The number of amides is 2. The fourth-order valence-corrected chi connectivity index (χ4v) is 6.64. The quantitative estimate of drug-likeness (QED) is 0.462. The second kappa shape index (κ2) is 8.97. The van der Waals surface area contributed by atoms with Crippen molar-refractivity contribution in [3.63, 3.8) is 0 Å². The molecule has 6 rings (SSSR count). The zero-order chi connectivity index (χ0) is 27.5. The summed E-state index contributed by atoms with van der Waals surface area (Å²) in [7, 11) is 3.10. The highest BCUT2D eigenvalue weighted by Crippen LogP contribution is 2.62. The smallest absolute Gasteiger partial charge is 0.240 e. The normalized spacial score (nSPS) is 29.0. The van der Waals surface area contributed by atoms with E-state index in [1.54, 1.807) is 63.6 Å². The number of rotatable bonds is 7. The Morgan fingerprint density at radius 3 is 2.31 bits per heavy atom. The van der Waals surface area contributed by atoms with E-state index in [2.05, 4.69) is 6.07 Å². The molecule has 9 nitrogen and oxygen atoms in total. The third-order valence-corrected chi connectivity index (χ3v) is 8.50. The summed E-state index contributed by atoms with van der Waals surface area (Å²) in [5, 5.41) is 21.9. The summed E-state index contributed by atoms with van der Waals surface area (Å²) in [5.41, 5.74) is -1.37. The van der Waals surface area contributed by atoms with Crippen LogP contribution in [0.15, 0.2) is 54.6 Å². The highest BCUT2D eigenvalue weighted by Gasteiger charge is 2.77. The van der Waals surface area contributed by atoms with E-state index in [9.17, 15) is 20.0 Å². The lowest BCUT2D eigenvalue weighted by atomic mass is 9.66. The Balaban J connectivity index is 1.33. The van der Waals surface area contributed by atoms with Crippen LogP contribution in [0, 0.1) is 23.2 Å². The van der Waals surface area contributed by atoms with E-state index in [-0.39, 0.29) is 18.9 Å². The van der Waals surface area contributed by atoms with E-state index in [1.807, 2.05) is 12.1 Å². The molecule has 3 aliphatic rings. The van der Waals surface area contributed by atoms with Crippen molar-refractivity contribution in [2.24, 2.45) is 11.8 Å². The number of methoxy groups -OCH3 is 2. The summed E-state index contributed by atoms with van der Waals surface area (Å²) in [6.45, 7) is 1.90. The van der Waals surface area contributed by atoms with E-state index in [0.29, 0.717) is 45.7 Å². The van der Waals surface area contributed by atoms with Crippen LogP contribution in [0.1, 0.15) is 25.3 Å². The van der Waals surface area contributed by atoms with Gasteiger partial charge in [-0.3, -0.25) is 9.59 Å². The van der Waals surface area contributed by atoms with E-state index in [0.717, 1.165) is 0 Å². The van der Waals surface area contributed by atoms with Gasteiger partial charge >= 0.3 is 0 Å². The minimum absolute atomic E-state index is 0.184. The average Bonchev–Trinajstić information content (AvgIpc) is 3.48. The highest BCUT2D eigenvalue weighted by atomic mass is 16.6. The van der Waals surface area contributed by atoms with Crippen LogP contribution in [0.4, 0.5) is 5.69 Å². The van der Waals surface area contributed by atoms with Crippen LogP contribution in [0.3, 0.4) is 0 Å². The number of carbonyl (C=O) groups is 2. The Labute approximate surface area is 225 Å². The van der Waals surface area contributed by atoms with Gasteiger partial charge in [0.1, 0.15) is 22.8 Å². The van der Waals surface area contributed by atoms with Crippen molar-refractivity contribution in [2.45, 2.75) is 37.1 Å². The van der Waals surface area contributed by atoms with E-state index in [4.69, 9.17) is 18.9 Å². The first-order valence-corrected chi connectivity index (χ1v) is 12.8. The summed E-state index contributed by atoms with van der Waals surface area (Å²) in [6.07, 6.45) is -0.400. The predicted octanol–water partition coefficient (Wildman–Crippen LogP) is 3.60. The number of nitrogens with zero attached hydrogens (tertiary/aromatic N) is 2. The number of hydrogen-bond donors (Lipinski definition) is 1. The van der Waals surface area contributed by atoms with Gasteiger partial charge in [0, 0.05) is 41.8 Å². The van der Waals surface area contributed by atoms with Crippen LogP contribution in [-0.4, -0.2) is 55.1 Å². The largest absolute Gasteiger partial charge is 0.496 e. The number of fused-ring (bicyclic) bond motifs is 6. The molecule has 0 radical (unpaired) electrons. The fraction of sp³-hybridized carbons (Fsp3) is 0.367. The van der Waals surface area contributed by atoms with Crippen molar-refractivity contribution in [3.8, 4) is 23.3 Å². The van der Waals surface area contributed by atoms with Gasteiger partial charge in [0.15, 0.2) is 0 Å². The van der Waals surface area contributed by atoms with Gasteiger partial charge in [-0.2, -0.15) is 5.26 Å². The molecule has 3 fully saturated rings. The monoisotopic (exact) mass is 528 g/mol. The Kier molecular flexibility index (Phi) is 5.79. The van der Waals surface area contributed by atoms with Gasteiger partial charge in [-0.25, -0.2) is 4.90 Å². The number of hydrogen-bond acceptors (Lipinski definition) is 8. The zero-order valence-electron chi connectivity index (χ0n) is 21.8. The maximum Gasteiger partial charge on any atom is 0.240 e. The van der Waals surface area contributed by atoms with Crippen LogP contribution in [0.5, 0.6) is 17.2 Å². The van der Waals surface area contributed by atoms with Gasteiger partial charge < -0.3 is 24.1 Å². The molecule has 3 saturated heterocycles. The maximum absolute atomic E-state index is 14.0. The molecule has 3 aliphatic heterocycles. The predicted molar refractivity (Wildman–Crippen MR) is 141 cm³/mol. The molecule has 5 atom stereocenters. The molecule has 1 N–H and O–H groups in total. The Hall–Kier alpha value is -4.13. The van der Waals surface area contributed by atoms with E-state index in [1.165, 1.54) is 4.90 Å².